The molecule has 0 saturated heterocycles. The quantitative estimate of drug-likeness (QED) is 0.901. The summed E-state index contributed by atoms with van der Waals surface area (Å²) in [5.74, 6) is 0. The predicted molar refractivity (Wildman–Crippen MR) is 67.3 cm³/mol. The van der Waals surface area contributed by atoms with Gasteiger partial charge in [-0.3, -0.25) is 0 Å². The average Bonchev–Trinajstić information content (AvgIpc) is 2.28. The van der Waals surface area contributed by atoms with Crippen LogP contribution in [0.15, 0.2) is 28.7 Å². The van der Waals surface area contributed by atoms with Gasteiger partial charge in [0.1, 0.15) is 5.54 Å². The minimum Gasteiger partial charge on any atom is -0.385 e. The summed E-state index contributed by atoms with van der Waals surface area (Å²) in [7, 11) is 1.36. The van der Waals surface area contributed by atoms with Crippen molar-refractivity contribution in [3.05, 3.63) is 34.3 Å². The van der Waals surface area contributed by atoms with Crippen molar-refractivity contribution in [1.29, 1.82) is 0 Å². The van der Waals surface area contributed by atoms with Crippen LogP contribution in [0.4, 0.5) is 13.2 Å². The van der Waals surface area contributed by atoms with Crippen molar-refractivity contribution in [2.75, 3.05) is 13.7 Å². The number of methoxy groups -OCH3 is 1. The molecule has 1 aromatic carbocycles. The van der Waals surface area contributed by atoms with E-state index in [1.165, 1.54) is 7.11 Å². The number of ether oxygens (including phenoxy) is 1. The first kappa shape index (κ1) is 15.5. The molecular formula is C12H15BrF3NO. The van der Waals surface area contributed by atoms with Gasteiger partial charge in [-0.15, -0.1) is 0 Å². The van der Waals surface area contributed by atoms with Gasteiger partial charge in [0.25, 0.3) is 0 Å². The fraction of sp³-hybridized carbons (Fsp3) is 0.500. The highest BCUT2D eigenvalue weighted by Gasteiger charge is 2.51. The van der Waals surface area contributed by atoms with Gasteiger partial charge in [0, 0.05) is 18.2 Å². The molecule has 1 aromatic rings. The molecule has 1 unspecified atom stereocenters. The SMILES string of the molecule is COCCC(N)(Cc1ccc(Br)cc1)C(F)(F)F. The van der Waals surface area contributed by atoms with Crippen LogP contribution in [-0.4, -0.2) is 25.4 Å². The van der Waals surface area contributed by atoms with Crippen LogP contribution >= 0.6 is 15.9 Å². The molecule has 0 amide bonds. The summed E-state index contributed by atoms with van der Waals surface area (Å²) in [5.41, 5.74) is 3.81. The molecule has 0 fully saturated rings. The Morgan fingerprint density at radius 3 is 2.22 bits per heavy atom. The Bertz CT molecular complexity index is 380. The van der Waals surface area contributed by atoms with Gasteiger partial charge in [-0.05, 0) is 30.5 Å². The van der Waals surface area contributed by atoms with E-state index in [9.17, 15) is 13.2 Å². The molecule has 0 saturated carbocycles. The van der Waals surface area contributed by atoms with Crippen LogP contribution in [-0.2, 0) is 11.2 Å². The molecule has 2 nitrogen and oxygen atoms in total. The summed E-state index contributed by atoms with van der Waals surface area (Å²) in [4.78, 5) is 0. The number of hydrogen-bond acceptors (Lipinski definition) is 2. The topological polar surface area (TPSA) is 35.2 Å². The molecule has 0 aromatic heterocycles. The third kappa shape index (κ3) is 3.96. The van der Waals surface area contributed by atoms with Crippen LogP contribution in [0.2, 0.25) is 0 Å². The van der Waals surface area contributed by atoms with Gasteiger partial charge in [-0.1, -0.05) is 28.1 Å². The third-order valence-electron chi connectivity index (χ3n) is 2.75. The maximum absolute atomic E-state index is 13.0. The summed E-state index contributed by atoms with van der Waals surface area (Å²) in [6, 6.07) is 6.65. The van der Waals surface area contributed by atoms with E-state index in [1.807, 2.05) is 0 Å². The van der Waals surface area contributed by atoms with Crippen LogP contribution in [0.5, 0.6) is 0 Å². The van der Waals surface area contributed by atoms with E-state index in [1.54, 1.807) is 24.3 Å². The van der Waals surface area contributed by atoms with Crippen molar-refractivity contribution in [3.63, 3.8) is 0 Å². The first-order valence-electron chi connectivity index (χ1n) is 5.37. The normalized spacial score (nSPS) is 15.4. The highest BCUT2D eigenvalue weighted by molar-refractivity contribution is 9.10. The van der Waals surface area contributed by atoms with Gasteiger partial charge < -0.3 is 10.5 Å². The zero-order chi connectivity index (χ0) is 13.8. The van der Waals surface area contributed by atoms with Crippen LogP contribution in [0.3, 0.4) is 0 Å². The van der Waals surface area contributed by atoms with Crippen molar-refractivity contribution >= 4 is 15.9 Å². The summed E-state index contributed by atoms with van der Waals surface area (Å²) in [6.45, 7) is -0.0213. The maximum Gasteiger partial charge on any atom is 0.406 e. The lowest BCUT2D eigenvalue weighted by molar-refractivity contribution is -0.190. The number of halogens is 4. The summed E-state index contributed by atoms with van der Waals surface area (Å²) in [6.07, 6.45) is -4.98. The van der Waals surface area contributed by atoms with Gasteiger partial charge in [-0.2, -0.15) is 13.2 Å². The monoisotopic (exact) mass is 325 g/mol. The van der Waals surface area contributed by atoms with Crippen molar-refractivity contribution < 1.29 is 17.9 Å². The fourth-order valence-electron chi connectivity index (χ4n) is 1.58. The number of nitrogens with two attached hydrogens (primary N) is 1. The number of benzene rings is 1. The van der Waals surface area contributed by atoms with E-state index in [0.717, 1.165) is 4.47 Å². The van der Waals surface area contributed by atoms with Crippen LogP contribution < -0.4 is 5.73 Å². The number of rotatable bonds is 5. The molecule has 0 heterocycles. The third-order valence-corrected chi connectivity index (χ3v) is 3.28. The summed E-state index contributed by atoms with van der Waals surface area (Å²) < 4.78 is 44.5. The van der Waals surface area contributed by atoms with Crippen molar-refractivity contribution in [1.82, 2.24) is 0 Å². The van der Waals surface area contributed by atoms with E-state index in [2.05, 4.69) is 15.9 Å². The minimum atomic E-state index is -4.46. The number of alkyl halides is 3. The second-order valence-electron chi connectivity index (χ2n) is 4.20. The van der Waals surface area contributed by atoms with Crippen molar-refractivity contribution in [2.24, 2.45) is 5.73 Å². The van der Waals surface area contributed by atoms with E-state index in [0.29, 0.717) is 5.56 Å². The molecule has 18 heavy (non-hydrogen) atoms. The molecule has 0 aliphatic carbocycles. The summed E-state index contributed by atoms with van der Waals surface area (Å²) >= 11 is 3.23. The van der Waals surface area contributed by atoms with Crippen molar-refractivity contribution in [2.45, 2.75) is 24.6 Å². The van der Waals surface area contributed by atoms with Crippen LogP contribution in [0, 0.1) is 0 Å². The molecular weight excluding hydrogens is 311 g/mol. The van der Waals surface area contributed by atoms with Gasteiger partial charge in [-0.25, -0.2) is 0 Å². The van der Waals surface area contributed by atoms with Gasteiger partial charge >= 0.3 is 6.18 Å². The van der Waals surface area contributed by atoms with Crippen molar-refractivity contribution in [3.8, 4) is 0 Å². The maximum atomic E-state index is 13.0. The first-order valence-corrected chi connectivity index (χ1v) is 6.17. The highest BCUT2D eigenvalue weighted by atomic mass is 79.9. The molecule has 0 bridgehead atoms. The van der Waals surface area contributed by atoms with Crippen LogP contribution in [0.1, 0.15) is 12.0 Å². The molecule has 6 heteroatoms. The lowest BCUT2D eigenvalue weighted by Crippen LogP contribution is -2.55. The Labute approximate surface area is 112 Å². The smallest absolute Gasteiger partial charge is 0.385 e. The molecule has 0 spiro atoms. The molecule has 1 atom stereocenters. The zero-order valence-electron chi connectivity index (χ0n) is 9.93. The Hall–Kier alpha value is -0.590. The van der Waals surface area contributed by atoms with Crippen LogP contribution in [0.25, 0.3) is 0 Å². The minimum absolute atomic E-state index is 0.0213. The average molecular weight is 326 g/mol. The number of hydrogen-bond donors (Lipinski definition) is 1. The Morgan fingerprint density at radius 1 is 1.22 bits per heavy atom. The molecule has 102 valence electrons. The lowest BCUT2D eigenvalue weighted by atomic mass is 9.88. The van der Waals surface area contributed by atoms with Gasteiger partial charge in [0.2, 0.25) is 0 Å². The zero-order valence-corrected chi connectivity index (χ0v) is 11.5. The Kier molecular flexibility index (Phi) is 5.19. The summed E-state index contributed by atoms with van der Waals surface area (Å²) in [5, 5.41) is 0. The van der Waals surface area contributed by atoms with E-state index in [4.69, 9.17) is 10.5 Å². The van der Waals surface area contributed by atoms with E-state index in [-0.39, 0.29) is 19.4 Å². The van der Waals surface area contributed by atoms with Gasteiger partial charge in [0.05, 0.1) is 0 Å². The second-order valence-corrected chi connectivity index (χ2v) is 5.12. The molecule has 0 aliphatic heterocycles. The Balaban J connectivity index is 2.88. The fourth-order valence-corrected chi connectivity index (χ4v) is 1.85. The molecule has 0 radical (unpaired) electrons. The highest BCUT2D eigenvalue weighted by Crippen LogP contribution is 2.34. The molecule has 0 aliphatic rings. The Morgan fingerprint density at radius 2 is 1.78 bits per heavy atom. The largest absolute Gasteiger partial charge is 0.406 e. The molecule has 1 rings (SSSR count). The molecule has 2 N–H and O–H groups in total. The van der Waals surface area contributed by atoms with E-state index >= 15 is 0 Å². The van der Waals surface area contributed by atoms with E-state index < -0.39 is 11.7 Å². The standard InChI is InChI=1S/C12H15BrF3NO/c1-18-7-6-11(17,12(14,15)16)8-9-2-4-10(13)5-3-9/h2-5H,6-8,17H2,1H3. The van der Waals surface area contributed by atoms with Gasteiger partial charge in [0.15, 0.2) is 0 Å². The second kappa shape index (κ2) is 6.04. The lowest BCUT2D eigenvalue weighted by Gasteiger charge is -2.31. The predicted octanol–water partition coefficient (Wildman–Crippen LogP) is 3.29. The first-order chi connectivity index (χ1) is 8.28.